The second kappa shape index (κ2) is 18.9. The van der Waals surface area contributed by atoms with E-state index >= 15 is 4.39 Å². The first kappa shape index (κ1) is 45.1. The second-order valence-electron chi connectivity index (χ2n) is 15.6. The Labute approximate surface area is 334 Å². The summed E-state index contributed by atoms with van der Waals surface area (Å²) in [5.41, 5.74) is -0.980. The molecule has 0 unspecified atom stereocenters. The highest BCUT2D eigenvalue weighted by molar-refractivity contribution is 7.72. The molecule has 1 aromatic heterocycles. The third kappa shape index (κ3) is 10.1. The Kier molecular flexibility index (Phi) is 15.0. The summed E-state index contributed by atoms with van der Waals surface area (Å²) >= 11 is 0. The summed E-state index contributed by atoms with van der Waals surface area (Å²) in [6.45, 7) is 13.6. The maximum Gasteiger partial charge on any atom is 0.410 e. The number of carbonyl (C=O) groups is 2. The van der Waals surface area contributed by atoms with Crippen molar-refractivity contribution in [3.63, 3.8) is 0 Å². The largest absolute Gasteiger partial charge is 0.492 e. The maximum absolute atomic E-state index is 16.4. The number of nitrogens with zero attached hydrogens (tertiary/aromatic N) is 3. The zero-order valence-corrected chi connectivity index (χ0v) is 36.4. The monoisotopic (exact) mass is 843 g/mol. The number of piperidine rings is 1. The van der Waals surface area contributed by atoms with E-state index in [9.17, 15) is 23.5 Å². The van der Waals surface area contributed by atoms with E-state index in [4.69, 9.17) is 32.3 Å². The molecule has 2 atom stereocenters. The number of fused-ring (bicyclic) bond motifs is 2. The van der Waals surface area contributed by atoms with Crippen LogP contribution in [0.15, 0.2) is 17.1 Å². The zero-order chi connectivity index (χ0) is 41.7. The van der Waals surface area contributed by atoms with Crippen LogP contribution in [0.1, 0.15) is 110 Å². The van der Waals surface area contributed by atoms with Gasteiger partial charge in [0.25, 0.3) is 0 Å². The number of methoxy groups -OCH3 is 1. The van der Waals surface area contributed by atoms with Gasteiger partial charge in [0.05, 0.1) is 57.1 Å². The van der Waals surface area contributed by atoms with Gasteiger partial charge in [-0.05, 0) is 105 Å². The van der Waals surface area contributed by atoms with Gasteiger partial charge in [0.2, 0.25) is 5.43 Å². The Hall–Kier alpha value is -3.00. The fourth-order valence-electron chi connectivity index (χ4n) is 7.93. The van der Waals surface area contributed by atoms with Crippen molar-refractivity contribution in [3.8, 4) is 5.75 Å². The molecule has 1 amide bonds. The van der Waals surface area contributed by atoms with Crippen molar-refractivity contribution >= 4 is 43.8 Å². The second-order valence-corrected chi connectivity index (χ2v) is 20.4. The van der Waals surface area contributed by atoms with Gasteiger partial charge >= 0.3 is 27.3 Å². The van der Waals surface area contributed by atoms with E-state index in [2.05, 4.69) is 0 Å². The van der Waals surface area contributed by atoms with Crippen LogP contribution in [0.5, 0.6) is 5.75 Å². The predicted octanol–water partition coefficient (Wildman–Crippen LogP) is 8.51. The quantitative estimate of drug-likeness (QED) is 0.0753. The molecule has 1 aliphatic carbocycles. The number of carbonyl (C=O) groups excluding carboxylic acids is 2. The van der Waals surface area contributed by atoms with Gasteiger partial charge in [-0.25, -0.2) is 14.0 Å². The molecule has 3 fully saturated rings. The SMILES string of the molecule is CCOP(=O)(OCC)C(CCCCOC(=O)c1cn(C2CC2)c2c(OC)c(N3C[C@@H]4CCCN(C(=O)OC(C)(C)C)[C@@H]4C3)c(F)cc2c1=O)P(=O)(OCC)OCC. The number of pyridine rings is 1. The van der Waals surface area contributed by atoms with E-state index in [0.29, 0.717) is 25.2 Å². The standard InChI is InChI=1S/C39H60FN3O12P2/c1-9-51-56(47,52-10-2)32(57(48,53-11-3)54-12-4)17-13-14-21-50-37(45)29-24-43(27-18-19-27)33-28(35(29)44)22-30(40)34(36(33)49-8)41-23-26-16-15-20-42(31(26)25-41)38(46)55-39(5,6)7/h22,24,26-27,31-32H,9-21,23,25H2,1-8H3/t26-,31+/m0/s1. The number of anilines is 1. The van der Waals surface area contributed by atoms with Gasteiger partial charge in [-0.3, -0.25) is 13.9 Å². The number of aromatic nitrogens is 1. The van der Waals surface area contributed by atoms with Gasteiger partial charge in [-0.15, -0.1) is 0 Å². The Morgan fingerprint density at radius 2 is 1.54 bits per heavy atom. The summed E-state index contributed by atoms with van der Waals surface area (Å²) in [7, 11) is -6.44. The number of unbranched alkanes of at least 4 members (excludes halogenated alkanes) is 1. The highest BCUT2D eigenvalue weighted by Crippen LogP contribution is 2.71. The van der Waals surface area contributed by atoms with Crippen LogP contribution in [-0.4, -0.2) is 98.4 Å². The molecule has 2 aliphatic heterocycles. The average molecular weight is 844 g/mol. The minimum atomic E-state index is -3.94. The van der Waals surface area contributed by atoms with Gasteiger partial charge in [0.1, 0.15) is 16.9 Å². The number of ether oxygens (including phenoxy) is 3. The lowest BCUT2D eigenvalue weighted by atomic mass is 9.92. The minimum Gasteiger partial charge on any atom is -0.492 e. The normalized spacial score (nSPS) is 19.0. The van der Waals surface area contributed by atoms with Crippen LogP contribution in [0, 0.1) is 11.7 Å². The minimum absolute atomic E-state index is 0.00510. The molecular formula is C39H60FN3O12P2. The lowest BCUT2D eigenvalue weighted by Gasteiger charge is -2.37. The summed E-state index contributed by atoms with van der Waals surface area (Å²) in [5.74, 6) is -1.25. The van der Waals surface area contributed by atoms with Crippen molar-refractivity contribution < 1.29 is 55.4 Å². The summed E-state index contributed by atoms with van der Waals surface area (Å²) < 4.78 is 85.2. The molecule has 3 heterocycles. The molecular weight excluding hydrogens is 783 g/mol. The van der Waals surface area contributed by atoms with Crippen LogP contribution in [0.4, 0.5) is 14.9 Å². The van der Waals surface area contributed by atoms with Gasteiger partial charge in [0, 0.05) is 31.9 Å². The van der Waals surface area contributed by atoms with Gasteiger partial charge in [-0.2, -0.15) is 0 Å². The zero-order valence-electron chi connectivity index (χ0n) is 34.6. The van der Waals surface area contributed by atoms with Crippen molar-refractivity contribution in [2.75, 3.05) is 64.7 Å². The Balaban J connectivity index is 1.36. The smallest absolute Gasteiger partial charge is 0.410 e. The molecule has 0 N–H and O–H groups in total. The third-order valence-electron chi connectivity index (χ3n) is 10.3. The first-order valence-corrected chi connectivity index (χ1v) is 23.4. The van der Waals surface area contributed by atoms with E-state index in [1.807, 2.05) is 30.2 Å². The molecule has 3 aliphatic rings. The molecule has 320 valence electrons. The third-order valence-corrected chi connectivity index (χ3v) is 16.5. The van der Waals surface area contributed by atoms with E-state index in [0.717, 1.165) is 25.7 Å². The number of benzene rings is 1. The molecule has 15 nitrogen and oxygen atoms in total. The molecule has 5 rings (SSSR count). The Bertz CT molecular complexity index is 1870. The number of likely N-dealkylation sites (tertiary alicyclic amines) is 1. The molecule has 2 saturated heterocycles. The number of hydrogen-bond acceptors (Lipinski definition) is 13. The van der Waals surface area contributed by atoms with Crippen molar-refractivity contribution in [3.05, 3.63) is 33.9 Å². The first-order chi connectivity index (χ1) is 27.1. The Morgan fingerprint density at radius 1 is 0.930 bits per heavy atom. The summed E-state index contributed by atoms with van der Waals surface area (Å²) in [6, 6.07) is 0.952. The van der Waals surface area contributed by atoms with E-state index < -0.39 is 43.4 Å². The highest BCUT2D eigenvalue weighted by Gasteiger charge is 2.50. The van der Waals surface area contributed by atoms with Crippen LogP contribution in [0.2, 0.25) is 0 Å². The number of rotatable bonds is 19. The fourth-order valence-corrected chi connectivity index (χ4v) is 13.4. The molecule has 0 spiro atoms. The Morgan fingerprint density at radius 3 is 2.09 bits per heavy atom. The van der Waals surface area contributed by atoms with Crippen molar-refractivity contribution in [1.29, 1.82) is 0 Å². The summed E-state index contributed by atoms with van der Waals surface area (Å²) in [6.07, 6.45) is 4.97. The number of amides is 1. The molecule has 0 radical (unpaired) electrons. The topological polar surface area (TPSA) is 161 Å². The van der Waals surface area contributed by atoms with Gasteiger partial charge < -0.3 is 46.7 Å². The first-order valence-electron chi connectivity index (χ1n) is 20.2. The lowest BCUT2D eigenvalue weighted by molar-refractivity contribution is 0.00666. The molecule has 2 aromatic rings. The van der Waals surface area contributed by atoms with Crippen molar-refractivity contribution in [1.82, 2.24) is 9.47 Å². The van der Waals surface area contributed by atoms with Crippen LogP contribution in [0.3, 0.4) is 0 Å². The van der Waals surface area contributed by atoms with E-state index in [1.54, 1.807) is 32.6 Å². The molecule has 0 bridgehead atoms. The van der Waals surface area contributed by atoms with E-state index in [-0.39, 0.29) is 98.8 Å². The van der Waals surface area contributed by atoms with Gasteiger partial charge in [-0.1, -0.05) is 0 Å². The van der Waals surface area contributed by atoms with Crippen LogP contribution < -0.4 is 15.1 Å². The number of hydrogen-bond donors (Lipinski definition) is 0. The fraction of sp³-hybridized carbons (Fsp3) is 0.718. The lowest BCUT2D eigenvalue weighted by Crippen LogP contribution is -2.50. The van der Waals surface area contributed by atoms with E-state index in [1.165, 1.54) is 19.4 Å². The molecule has 18 heteroatoms. The highest BCUT2D eigenvalue weighted by atomic mass is 31.2. The predicted molar refractivity (Wildman–Crippen MR) is 214 cm³/mol. The summed E-state index contributed by atoms with van der Waals surface area (Å²) in [5, 5.41) is -1.20. The maximum atomic E-state index is 16.4. The molecule has 1 aromatic carbocycles. The van der Waals surface area contributed by atoms with Crippen LogP contribution in [0.25, 0.3) is 10.9 Å². The average Bonchev–Trinajstić information content (AvgIpc) is 3.89. The molecule has 57 heavy (non-hydrogen) atoms. The van der Waals surface area contributed by atoms with Crippen LogP contribution in [-0.2, 0) is 36.7 Å². The van der Waals surface area contributed by atoms with Crippen molar-refractivity contribution in [2.24, 2.45) is 5.92 Å². The number of halogens is 1. The van der Waals surface area contributed by atoms with Crippen LogP contribution >= 0.6 is 15.2 Å². The van der Waals surface area contributed by atoms with Gasteiger partial charge in [0.15, 0.2) is 17.0 Å². The number of esters is 1. The van der Waals surface area contributed by atoms with Crippen molar-refractivity contribution in [2.45, 2.75) is 116 Å². The summed E-state index contributed by atoms with van der Waals surface area (Å²) in [4.78, 5) is 44.3. The molecule has 1 saturated carbocycles.